The van der Waals surface area contributed by atoms with Crippen molar-refractivity contribution < 1.29 is 14.6 Å². The molecule has 0 bridgehead atoms. The van der Waals surface area contributed by atoms with Gasteiger partial charge in [-0.05, 0) is 25.8 Å². The molecule has 0 radical (unpaired) electrons. The monoisotopic (exact) mass is 410 g/mol. The van der Waals surface area contributed by atoms with Gasteiger partial charge in [0.15, 0.2) is 0 Å². The van der Waals surface area contributed by atoms with Gasteiger partial charge in [-0.1, -0.05) is 116 Å². The number of aliphatic hydroxyl groups is 1. The van der Waals surface area contributed by atoms with Crippen LogP contribution in [0.3, 0.4) is 0 Å². The van der Waals surface area contributed by atoms with E-state index in [-0.39, 0.29) is 12.6 Å². The Morgan fingerprint density at radius 3 is 1.38 bits per heavy atom. The van der Waals surface area contributed by atoms with Gasteiger partial charge in [-0.25, -0.2) is 4.79 Å². The van der Waals surface area contributed by atoms with Gasteiger partial charge in [0, 0.05) is 5.57 Å². The Labute approximate surface area is 181 Å². The first-order valence-electron chi connectivity index (χ1n) is 12.7. The molecule has 3 heteroatoms. The third-order valence-electron chi connectivity index (χ3n) is 5.67. The molecular weight excluding hydrogens is 360 g/mol. The number of hydrogen-bond acceptors (Lipinski definition) is 3. The van der Waals surface area contributed by atoms with Gasteiger partial charge in [0.2, 0.25) is 0 Å². The van der Waals surface area contributed by atoms with Crippen LogP contribution in [0.4, 0.5) is 0 Å². The summed E-state index contributed by atoms with van der Waals surface area (Å²) in [6, 6.07) is 0. The lowest BCUT2D eigenvalue weighted by Gasteiger charge is -2.07. The number of carbonyl (C=O) groups excluding carboxylic acids is 1. The van der Waals surface area contributed by atoms with E-state index in [2.05, 4.69) is 6.92 Å². The van der Waals surface area contributed by atoms with Crippen LogP contribution in [0, 0.1) is 0 Å². The number of rotatable bonds is 22. The fourth-order valence-corrected chi connectivity index (χ4v) is 3.84. The molecule has 0 unspecified atom stereocenters. The molecule has 0 aromatic rings. The van der Waals surface area contributed by atoms with Gasteiger partial charge in [-0.3, -0.25) is 0 Å². The highest BCUT2D eigenvalue weighted by Crippen LogP contribution is 2.16. The predicted molar refractivity (Wildman–Crippen MR) is 125 cm³/mol. The summed E-state index contributed by atoms with van der Waals surface area (Å²) >= 11 is 0. The van der Waals surface area contributed by atoms with E-state index in [0.29, 0.717) is 12.2 Å². The van der Waals surface area contributed by atoms with Gasteiger partial charge in [0.25, 0.3) is 0 Å². The van der Waals surface area contributed by atoms with Crippen molar-refractivity contribution in [2.24, 2.45) is 0 Å². The lowest BCUT2D eigenvalue weighted by molar-refractivity contribution is -0.138. The zero-order chi connectivity index (χ0) is 21.4. The summed E-state index contributed by atoms with van der Waals surface area (Å²) in [5.41, 5.74) is 0.630. The van der Waals surface area contributed by atoms with Crippen LogP contribution in [0.2, 0.25) is 0 Å². The van der Waals surface area contributed by atoms with Crippen LogP contribution >= 0.6 is 0 Å². The van der Waals surface area contributed by atoms with E-state index in [4.69, 9.17) is 9.84 Å². The Hall–Kier alpha value is -0.830. The average molecular weight is 411 g/mol. The largest absolute Gasteiger partial charge is 0.463 e. The molecule has 0 aromatic carbocycles. The van der Waals surface area contributed by atoms with Crippen LogP contribution in [0.1, 0.15) is 136 Å². The van der Waals surface area contributed by atoms with E-state index in [9.17, 15) is 4.79 Å². The van der Waals surface area contributed by atoms with Gasteiger partial charge in [-0.15, -0.1) is 0 Å². The maximum atomic E-state index is 11.7. The van der Waals surface area contributed by atoms with E-state index < -0.39 is 0 Å². The van der Waals surface area contributed by atoms with Crippen LogP contribution < -0.4 is 0 Å². The van der Waals surface area contributed by atoms with Gasteiger partial charge >= 0.3 is 5.97 Å². The SMILES string of the molecule is CCCCCCCCCCCCCCCCCCCCC(=CCO)C(=O)OCC. The van der Waals surface area contributed by atoms with Crippen molar-refractivity contribution >= 4 is 5.97 Å². The molecule has 1 N–H and O–H groups in total. The standard InChI is InChI=1S/C26H50O3/c1-3-5-6-7-8-9-10-11-12-13-14-15-16-17-18-19-20-21-22-25(23-24-27)26(28)29-4-2/h23,27H,3-22,24H2,1-2H3. The molecule has 3 nitrogen and oxygen atoms in total. The second kappa shape index (κ2) is 23.4. The first-order chi connectivity index (χ1) is 14.3. The van der Waals surface area contributed by atoms with Crippen LogP contribution in [-0.4, -0.2) is 24.3 Å². The summed E-state index contributed by atoms with van der Waals surface area (Å²) in [6.07, 6.45) is 26.8. The van der Waals surface area contributed by atoms with Gasteiger partial charge in [0.05, 0.1) is 13.2 Å². The highest BCUT2D eigenvalue weighted by molar-refractivity contribution is 5.88. The van der Waals surface area contributed by atoms with Crippen molar-refractivity contribution in [3.8, 4) is 0 Å². The molecule has 0 fully saturated rings. The molecular formula is C26H50O3. The van der Waals surface area contributed by atoms with Crippen molar-refractivity contribution in [2.75, 3.05) is 13.2 Å². The Balaban J connectivity index is 3.31. The molecule has 0 spiro atoms. The lowest BCUT2D eigenvalue weighted by Crippen LogP contribution is -2.08. The summed E-state index contributed by atoms with van der Waals surface area (Å²) < 4.78 is 5.03. The van der Waals surface area contributed by atoms with Crippen molar-refractivity contribution in [2.45, 2.75) is 136 Å². The summed E-state index contributed by atoms with van der Waals surface area (Å²) in [6.45, 7) is 4.39. The number of aliphatic hydroxyl groups excluding tert-OH is 1. The maximum absolute atomic E-state index is 11.7. The first kappa shape index (κ1) is 28.2. The van der Waals surface area contributed by atoms with Gasteiger partial charge in [0.1, 0.15) is 0 Å². The van der Waals surface area contributed by atoms with Gasteiger partial charge in [-0.2, -0.15) is 0 Å². The van der Waals surface area contributed by atoms with Crippen molar-refractivity contribution in [3.63, 3.8) is 0 Å². The summed E-state index contributed by atoms with van der Waals surface area (Å²) in [4.78, 5) is 11.7. The normalized spacial score (nSPS) is 11.8. The van der Waals surface area contributed by atoms with Crippen LogP contribution in [-0.2, 0) is 9.53 Å². The van der Waals surface area contributed by atoms with Crippen LogP contribution in [0.5, 0.6) is 0 Å². The van der Waals surface area contributed by atoms with Crippen LogP contribution in [0.25, 0.3) is 0 Å². The summed E-state index contributed by atoms with van der Waals surface area (Å²) in [5, 5.41) is 9.02. The number of hydrogen-bond donors (Lipinski definition) is 1. The Kier molecular flexibility index (Phi) is 22.8. The molecule has 0 aliphatic heterocycles. The fraction of sp³-hybridized carbons (Fsp3) is 0.885. The fourth-order valence-electron chi connectivity index (χ4n) is 3.84. The van der Waals surface area contributed by atoms with E-state index >= 15 is 0 Å². The molecule has 0 amide bonds. The lowest BCUT2D eigenvalue weighted by atomic mass is 10.0. The van der Waals surface area contributed by atoms with Crippen molar-refractivity contribution in [3.05, 3.63) is 11.6 Å². The van der Waals surface area contributed by atoms with Crippen LogP contribution in [0.15, 0.2) is 11.6 Å². The van der Waals surface area contributed by atoms with E-state index in [1.807, 2.05) is 6.92 Å². The van der Waals surface area contributed by atoms with Crippen molar-refractivity contribution in [1.29, 1.82) is 0 Å². The average Bonchev–Trinajstić information content (AvgIpc) is 2.72. The van der Waals surface area contributed by atoms with E-state index in [0.717, 1.165) is 19.3 Å². The molecule has 0 saturated carbocycles. The smallest absolute Gasteiger partial charge is 0.333 e. The number of carbonyl (C=O) groups is 1. The minimum atomic E-state index is -0.270. The number of unbranched alkanes of at least 4 members (excludes halogenated alkanes) is 17. The molecule has 0 atom stereocenters. The summed E-state index contributed by atoms with van der Waals surface area (Å²) in [7, 11) is 0. The zero-order valence-corrected chi connectivity index (χ0v) is 19.7. The highest BCUT2D eigenvalue weighted by atomic mass is 16.5. The quantitative estimate of drug-likeness (QED) is 0.112. The molecule has 172 valence electrons. The van der Waals surface area contributed by atoms with Gasteiger partial charge < -0.3 is 9.84 Å². The van der Waals surface area contributed by atoms with E-state index in [1.165, 1.54) is 103 Å². The second-order valence-corrected chi connectivity index (χ2v) is 8.39. The molecule has 0 aliphatic carbocycles. The zero-order valence-electron chi connectivity index (χ0n) is 19.7. The number of esters is 1. The first-order valence-corrected chi connectivity index (χ1v) is 12.7. The third kappa shape index (κ3) is 20.2. The maximum Gasteiger partial charge on any atom is 0.333 e. The minimum Gasteiger partial charge on any atom is -0.463 e. The Morgan fingerprint density at radius 2 is 1.03 bits per heavy atom. The predicted octanol–water partition coefficient (Wildman–Crippen LogP) is 7.90. The molecule has 0 aliphatic rings. The number of ether oxygens (including phenoxy) is 1. The van der Waals surface area contributed by atoms with E-state index in [1.54, 1.807) is 6.08 Å². The molecule has 0 aromatic heterocycles. The topological polar surface area (TPSA) is 46.5 Å². The molecule has 0 saturated heterocycles. The minimum absolute atomic E-state index is 0.0901. The molecule has 0 rings (SSSR count). The summed E-state index contributed by atoms with van der Waals surface area (Å²) in [5.74, 6) is -0.270. The Morgan fingerprint density at radius 1 is 0.655 bits per heavy atom. The Bertz CT molecular complexity index is 376. The third-order valence-corrected chi connectivity index (χ3v) is 5.67. The molecule has 0 heterocycles. The second-order valence-electron chi connectivity index (χ2n) is 8.39. The highest BCUT2D eigenvalue weighted by Gasteiger charge is 2.09. The van der Waals surface area contributed by atoms with Crippen molar-refractivity contribution in [1.82, 2.24) is 0 Å². The molecule has 29 heavy (non-hydrogen) atoms.